The number of para-hydroxylation sites is 3. The Morgan fingerprint density at radius 3 is 2.26 bits per heavy atom. The van der Waals surface area contributed by atoms with Gasteiger partial charge in [0.2, 0.25) is 5.91 Å². The van der Waals surface area contributed by atoms with Crippen LogP contribution in [0.15, 0.2) is 84.9 Å². The van der Waals surface area contributed by atoms with Gasteiger partial charge in [-0.3, -0.25) is 4.79 Å². The minimum atomic E-state index is -0.815. The molecule has 0 aliphatic carbocycles. The van der Waals surface area contributed by atoms with E-state index in [-0.39, 0.29) is 11.9 Å². The number of anilines is 3. The Morgan fingerprint density at radius 1 is 0.912 bits per heavy atom. The highest BCUT2D eigenvalue weighted by molar-refractivity contribution is 5.86. The number of hydrogen-bond donors (Lipinski definition) is 4. The first-order valence-electron chi connectivity index (χ1n) is 11.7. The summed E-state index contributed by atoms with van der Waals surface area (Å²) in [7, 11) is 0. The van der Waals surface area contributed by atoms with Crippen molar-refractivity contribution in [3.05, 3.63) is 96.1 Å². The van der Waals surface area contributed by atoms with E-state index in [4.69, 9.17) is 0 Å². The first kappa shape index (κ1) is 23.4. The minimum absolute atomic E-state index is 0.0469. The van der Waals surface area contributed by atoms with E-state index in [0.29, 0.717) is 0 Å². The summed E-state index contributed by atoms with van der Waals surface area (Å²) in [6.07, 6.45) is 2.78. The molecule has 1 heterocycles. The monoisotopic (exact) mass is 456 g/mol. The Kier molecular flexibility index (Phi) is 7.50. The number of aliphatic hydroxyl groups is 1. The second-order valence-corrected chi connectivity index (χ2v) is 8.73. The Morgan fingerprint density at radius 2 is 1.59 bits per heavy atom. The number of nitrogens with zero attached hydrogens (tertiary/aromatic N) is 1. The summed E-state index contributed by atoms with van der Waals surface area (Å²) in [6, 6.07) is 25.0. The molecule has 1 aliphatic heterocycles. The zero-order chi connectivity index (χ0) is 23.9. The molecule has 4 rings (SSSR count). The van der Waals surface area contributed by atoms with E-state index in [0.717, 1.165) is 41.3 Å². The molecule has 1 aliphatic rings. The molecule has 0 bridgehead atoms. The van der Waals surface area contributed by atoms with Crippen molar-refractivity contribution in [1.29, 1.82) is 0 Å². The predicted octanol–water partition coefficient (Wildman–Crippen LogP) is 4.63. The van der Waals surface area contributed by atoms with Crippen molar-refractivity contribution in [2.24, 2.45) is 0 Å². The number of benzene rings is 3. The predicted molar refractivity (Wildman–Crippen MR) is 140 cm³/mol. The van der Waals surface area contributed by atoms with Crippen molar-refractivity contribution in [3.8, 4) is 0 Å². The van der Waals surface area contributed by atoms with Gasteiger partial charge in [-0.15, -0.1) is 0 Å². The number of rotatable bonds is 10. The number of carbonyl (C=O) groups is 1. The van der Waals surface area contributed by atoms with Crippen LogP contribution in [0.25, 0.3) is 6.08 Å². The normalized spacial score (nSPS) is 14.6. The van der Waals surface area contributed by atoms with Crippen LogP contribution in [0.4, 0.5) is 17.1 Å². The molecule has 6 nitrogen and oxygen atoms in total. The van der Waals surface area contributed by atoms with Crippen molar-refractivity contribution >= 4 is 29.0 Å². The van der Waals surface area contributed by atoms with Gasteiger partial charge in [0.1, 0.15) is 12.3 Å². The van der Waals surface area contributed by atoms with E-state index < -0.39 is 12.3 Å². The van der Waals surface area contributed by atoms with Gasteiger partial charge in [0.05, 0.1) is 11.4 Å². The van der Waals surface area contributed by atoms with Crippen LogP contribution in [0.2, 0.25) is 0 Å². The van der Waals surface area contributed by atoms with Crippen LogP contribution in [0.1, 0.15) is 31.0 Å². The van der Waals surface area contributed by atoms with Gasteiger partial charge in [0.25, 0.3) is 0 Å². The van der Waals surface area contributed by atoms with Crippen LogP contribution in [-0.4, -0.2) is 36.4 Å². The average molecular weight is 457 g/mol. The summed E-state index contributed by atoms with van der Waals surface area (Å²) in [4.78, 5) is 15.1. The molecule has 3 aromatic carbocycles. The third kappa shape index (κ3) is 6.39. The van der Waals surface area contributed by atoms with Gasteiger partial charge < -0.3 is 26.0 Å². The molecule has 1 amide bonds. The molecule has 34 heavy (non-hydrogen) atoms. The maximum atomic E-state index is 12.9. The highest BCUT2D eigenvalue weighted by Crippen LogP contribution is 2.30. The highest BCUT2D eigenvalue weighted by Gasteiger charge is 2.22. The zero-order valence-corrected chi connectivity index (χ0v) is 19.6. The molecule has 4 N–H and O–H groups in total. The zero-order valence-electron chi connectivity index (χ0n) is 19.6. The molecule has 2 atom stereocenters. The van der Waals surface area contributed by atoms with Gasteiger partial charge >= 0.3 is 0 Å². The summed E-state index contributed by atoms with van der Waals surface area (Å²) in [5.74, 6) is -0.0770. The molecule has 0 aromatic heterocycles. The van der Waals surface area contributed by atoms with Crippen molar-refractivity contribution < 1.29 is 9.90 Å². The van der Waals surface area contributed by atoms with Gasteiger partial charge in [-0.2, -0.15) is 0 Å². The lowest BCUT2D eigenvalue weighted by Gasteiger charge is -2.21. The lowest BCUT2D eigenvalue weighted by Crippen LogP contribution is -2.37. The molecule has 0 radical (unpaired) electrons. The van der Waals surface area contributed by atoms with Gasteiger partial charge in [0.15, 0.2) is 0 Å². The van der Waals surface area contributed by atoms with E-state index in [1.165, 1.54) is 0 Å². The van der Waals surface area contributed by atoms with E-state index >= 15 is 0 Å². The largest absolute Gasteiger partial charge is 0.370 e. The standard InChI is InChI=1S/C28H32N4O2/c1-20(2)29-28(34)27(30-23-8-4-3-5-9-23)22-15-12-21(13-16-22)14-17-26(33)31-24-10-6-7-11-25(24)32-18-19-32/h3-17,20,26-27,30-31,33H,18-19H2,1-2H3,(H,29,34)/b17-14+/t26-,27?/m1/s1. The molecule has 176 valence electrons. The van der Waals surface area contributed by atoms with Crippen molar-refractivity contribution in [2.75, 3.05) is 28.6 Å². The summed E-state index contributed by atoms with van der Waals surface area (Å²) in [5.41, 5.74) is 4.71. The van der Waals surface area contributed by atoms with Crippen molar-refractivity contribution in [2.45, 2.75) is 32.2 Å². The lowest BCUT2D eigenvalue weighted by atomic mass is 10.0. The Balaban J connectivity index is 1.43. The second-order valence-electron chi connectivity index (χ2n) is 8.73. The highest BCUT2D eigenvalue weighted by atomic mass is 16.3. The van der Waals surface area contributed by atoms with Gasteiger partial charge in [0, 0.05) is 24.8 Å². The van der Waals surface area contributed by atoms with Gasteiger partial charge in [-0.05, 0) is 55.3 Å². The number of amides is 1. The number of hydrogen-bond acceptors (Lipinski definition) is 5. The van der Waals surface area contributed by atoms with Crippen LogP contribution in [-0.2, 0) is 4.79 Å². The quantitative estimate of drug-likeness (QED) is 0.264. The molecule has 0 saturated carbocycles. The first-order valence-corrected chi connectivity index (χ1v) is 11.7. The third-order valence-corrected chi connectivity index (χ3v) is 5.51. The van der Waals surface area contributed by atoms with Gasteiger partial charge in [-0.1, -0.05) is 60.7 Å². The maximum absolute atomic E-state index is 12.9. The van der Waals surface area contributed by atoms with Crippen LogP contribution >= 0.6 is 0 Å². The minimum Gasteiger partial charge on any atom is -0.370 e. The SMILES string of the molecule is CC(C)NC(=O)C(Nc1ccccc1)c1ccc(/C=C/[C@@H](O)Nc2ccccc2N2CC2)cc1. The number of aliphatic hydroxyl groups excluding tert-OH is 1. The summed E-state index contributed by atoms with van der Waals surface area (Å²) < 4.78 is 0. The Bertz CT molecular complexity index is 1110. The Hall–Kier alpha value is -3.77. The number of carbonyl (C=O) groups excluding carboxylic acids is 1. The van der Waals surface area contributed by atoms with E-state index in [1.807, 2.05) is 92.7 Å². The molecule has 0 spiro atoms. The third-order valence-electron chi connectivity index (χ3n) is 5.51. The van der Waals surface area contributed by atoms with E-state index in [9.17, 15) is 9.90 Å². The molecular weight excluding hydrogens is 424 g/mol. The molecular formula is C28H32N4O2. The summed E-state index contributed by atoms with van der Waals surface area (Å²) in [5, 5.41) is 20.0. The fourth-order valence-corrected chi connectivity index (χ4v) is 3.74. The smallest absolute Gasteiger partial charge is 0.247 e. The number of nitrogens with one attached hydrogen (secondary N) is 3. The summed E-state index contributed by atoms with van der Waals surface area (Å²) >= 11 is 0. The second kappa shape index (κ2) is 10.9. The van der Waals surface area contributed by atoms with Crippen LogP contribution in [0.3, 0.4) is 0 Å². The van der Waals surface area contributed by atoms with E-state index in [1.54, 1.807) is 6.08 Å². The maximum Gasteiger partial charge on any atom is 0.247 e. The van der Waals surface area contributed by atoms with Crippen LogP contribution < -0.4 is 20.9 Å². The fourth-order valence-electron chi connectivity index (χ4n) is 3.74. The van der Waals surface area contributed by atoms with Crippen LogP contribution in [0, 0.1) is 0 Å². The topological polar surface area (TPSA) is 76.4 Å². The van der Waals surface area contributed by atoms with Gasteiger partial charge in [-0.25, -0.2) is 0 Å². The molecule has 3 aromatic rings. The molecule has 1 fully saturated rings. The lowest BCUT2D eigenvalue weighted by molar-refractivity contribution is -0.122. The molecule has 1 saturated heterocycles. The fraction of sp³-hybridized carbons (Fsp3) is 0.250. The molecule has 1 unspecified atom stereocenters. The van der Waals surface area contributed by atoms with E-state index in [2.05, 4.69) is 26.9 Å². The molecule has 6 heteroatoms. The summed E-state index contributed by atoms with van der Waals surface area (Å²) in [6.45, 7) is 5.99. The first-order chi connectivity index (χ1) is 16.5. The van der Waals surface area contributed by atoms with Crippen molar-refractivity contribution in [3.63, 3.8) is 0 Å². The Labute approximate surface area is 201 Å². The average Bonchev–Trinajstić information content (AvgIpc) is 3.68. The van der Waals surface area contributed by atoms with Crippen molar-refractivity contribution in [1.82, 2.24) is 5.32 Å². The van der Waals surface area contributed by atoms with Crippen LogP contribution in [0.5, 0.6) is 0 Å².